The zero-order valence-corrected chi connectivity index (χ0v) is 13.8. The molecule has 126 valence electrons. The Bertz CT molecular complexity index is 697. The summed E-state index contributed by atoms with van der Waals surface area (Å²) in [5, 5.41) is 4.02. The second-order valence-electron chi connectivity index (χ2n) is 6.28. The average molecular weight is 349 g/mol. The number of hydrogen-bond donors (Lipinski definition) is 1. The van der Waals surface area contributed by atoms with Gasteiger partial charge in [-0.15, -0.1) is 0 Å². The van der Waals surface area contributed by atoms with Crippen molar-refractivity contribution in [2.45, 2.75) is 24.6 Å². The van der Waals surface area contributed by atoms with Gasteiger partial charge in [-0.3, -0.25) is 4.90 Å². The summed E-state index contributed by atoms with van der Waals surface area (Å²) < 4.78 is 18.9. The molecule has 5 nitrogen and oxygen atoms in total. The first-order valence-electron chi connectivity index (χ1n) is 8.02. The second kappa shape index (κ2) is 6.63. The third-order valence-corrected chi connectivity index (χ3v) is 4.87. The highest BCUT2D eigenvalue weighted by Gasteiger charge is 2.37. The van der Waals surface area contributed by atoms with Crippen LogP contribution in [-0.4, -0.2) is 46.6 Å². The normalized spacial score (nSPS) is 27.0. The quantitative estimate of drug-likeness (QED) is 0.924. The van der Waals surface area contributed by atoms with E-state index >= 15 is 0 Å². The van der Waals surface area contributed by atoms with Crippen LogP contribution in [0, 0.1) is 5.82 Å². The summed E-state index contributed by atoms with van der Waals surface area (Å²) in [5.41, 5.74) is 1.15. The Kier molecular flexibility index (Phi) is 4.35. The molecule has 2 aliphatic rings. The van der Waals surface area contributed by atoms with Gasteiger partial charge in [-0.2, -0.15) is 0 Å². The highest BCUT2D eigenvalue weighted by molar-refractivity contribution is 6.30. The van der Waals surface area contributed by atoms with E-state index in [9.17, 15) is 4.39 Å². The van der Waals surface area contributed by atoms with E-state index in [1.54, 1.807) is 0 Å². The van der Waals surface area contributed by atoms with E-state index in [4.69, 9.17) is 16.3 Å². The molecule has 0 unspecified atom stereocenters. The average Bonchev–Trinajstić information content (AvgIpc) is 2.99. The number of hydrogen-bond acceptors (Lipinski definition) is 5. The zero-order valence-electron chi connectivity index (χ0n) is 13.0. The Morgan fingerprint density at radius 3 is 2.67 bits per heavy atom. The number of ether oxygens (including phenoxy) is 1. The maximum atomic E-state index is 12.9. The molecule has 3 heterocycles. The van der Waals surface area contributed by atoms with Gasteiger partial charge in [-0.05, 0) is 24.1 Å². The number of fused-ring (bicyclic) bond motifs is 1. The lowest BCUT2D eigenvalue weighted by Gasteiger charge is -2.35. The van der Waals surface area contributed by atoms with Gasteiger partial charge in [0.2, 0.25) is 5.95 Å². The second-order valence-corrected chi connectivity index (χ2v) is 6.72. The number of halogens is 2. The predicted octanol–water partition coefficient (Wildman–Crippen LogP) is 2.90. The Morgan fingerprint density at radius 2 is 1.92 bits per heavy atom. The third kappa shape index (κ3) is 3.36. The van der Waals surface area contributed by atoms with Crippen LogP contribution in [0.15, 0.2) is 36.7 Å². The fourth-order valence-electron chi connectivity index (χ4n) is 3.43. The van der Waals surface area contributed by atoms with Crippen molar-refractivity contribution in [3.05, 3.63) is 53.1 Å². The Balaban J connectivity index is 1.38. The fraction of sp³-hybridized carbons (Fsp3) is 0.412. The standard InChI is InChI=1S/C17H18ClFN4O/c18-12-3-1-11(2-4-12)16-9-23-8-14(5-15(23)10-24-16)22-17-20-6-13(19)7-21-17/h1-4,6-7,14-16H,5,8-10H2,(H,20,21,22)/t14-,15+,16-/m1/s1. The number of morpholine rings is 1. The fourth-order valence-corrected chi connectivity index (χ4v) is 3.55. The highest BCUT2D eigenvalue weighted by Crippen LogP contribution is 2.31. The number of nitrogens with one attached hydrogen (secondary N) is 1. The molecule has 1 aromatic heterocycles. The summed E-state index contributed by atoms with van der Waals surface area (Å²) in [6.07, 6.45) is 3.39. The Labute approximate surface area is 144 Å². The van der Waals surface area contributed by atoms with Gasteiger partial charge < -0.3 is 10.1 Å². The molecule has 0 saturated carbocycles. The molecule has 0 spiro atoms. The van der Waals surface area contributed by atoms with Crippen molar-refractivity contribution < 1.29 is 9.13 Å². The number of benzene rings is 1. The molecule has 2 fully saturated rings. The van der Waals surface area contributed by atoms with Gasteiger partial charge in [0.05, 0.1) is 25.1 Å². The monoisotopic (exact) mass is 348 g/mol. The lowest BCUT2D eigenvalue weighted by molar-refractivity contribution is -0.0501. The van der Waals surface area contributed by atoms with Crippen molar-refractivity contribution >= 4 is 17.5 Å². The molecule has 24 heavy (non-hydrogen) atoms. The van der Waals surface area contributed by atoms with Gasteiger partial charge in [-0.25, -0.2) is 14.4 Å². The van der Waals surface area contributed by atoms with E-state index in [0.29, 0.717) is 18.6 Å². The maximum absolute atomic E-state index is 12.9. The van der Waals surface area contributed by atoms with Crippen LogP contribution in [-0.2, 0) is 4.74 Å². The summed E-state index contributed by atoms with van der Waals surface area (Å²) in [6, 6.07) is 8.47. The number of nitrogens with zero attached hydrogens (tertiary/aromatic N) is 3. The minimum Gasteiger partial charge on any atom is -0.371 e. The first-order valence-corrected chi connectivity index (χ1v) is 8.40. The van der Waals surface area contributed by atoms with Gasteiger partial charge in [0.1, 0.15) is 0 Å². The van der Waals surface area contributed by atoms with Gasteiger partial charge in [-0.1, -0.05) is 23.7 Å². The highest BCUT2D eigenvalue weighted by atomic mass is 35.5. The van der Waals surface area contributed by atoms with Crippen LogP contribution >= 0.6 is 11.6 Å². The number of aromatic nitrogens is 2. The summed E-state index contributed by atoms with van der Waals surface area (Å²) in [6.45, 7) is 2.46. The predicted molar refractivity (Wildman–Crippen MR) is 89.5 cm³/mol. The van der Waals surface area contributed by atoms with Crippen LogP contribution in [0.1, 0.15) is 18.1 Å². The molecule has 1 N–H and O–H groups in total. The minimum absolute atomic E-state index is 0.0688. The molecular formula is C17H18ClFN4O. The number of rotatable bonds is 3. The maximum Gasteiger partial charge on any atom is 0.223 e. The van der Waals surface area contributed by atoms with Crippen LogP contribution in [0.25, 0.3) is 0 Å². The first kappa shape index (κ1) is 15.7. The molecule has 0 aliphatic carbocycles. The van der Waals surface area contributed by atoms with Crippen LogP contribution in [0.5, 0.6) is 0 Å². The van der Waals surface area contributed by atoms with Crippen molar-refractivity contribution in [2.75, 3.05) is 25.0 Å². The minimum atomic E-state index is -0.427. The molecular weight excluding hydrogens is 331 g/mol. The smallest absolute Gasteiger partial charge is 0.223 e. The molecule has 1 aromatic carbocycles. The van der Waals surface area contributed by atoms with E-state index in [2.05, 4.69) is 20.2 Å². The van der Waals surface area contributed by atoms with Crippen molar-refractivity contribution in [3.8, 4) is 0 Å². The largest absolute Gasteiger partial charge is 0.371 e. The van der Waals surface area contributed by atoms with Crippen molar-refractivity contribution in [1.29, 1.82) is 0 Å². The molecule has 0 radical (unpaired) electrons. The SMILES string of the molecule is Fc1cnc(N[C@@H]2C[C@H]3CO[C@@H](c4ccc(Cl)cc4)CN3C2)nc1. The Hall–Kier alpha value is -1.76. The topological polar surface area (TPSA) is 50.3 Å². The van der Waals surface area contributed by atoms with Gasteiger partial charge in [0, 0.05) is 30.2 Å². The molecule has 3 atom stereocenters. The molecule has 0 amide bonds. The van der Waals surface area contributed by atoms with Gasteiger partial charge >= 0.3 is 0 Å². The molecule has 2 aliphatic heterocycles. The van der Waals surface area contributed by atoms with Crippen molar-refractivity contribution in [1.82, 2.24) is 14.9 Å². The van der Waals surface area contributed by atoms with E-state index in [-0.39, 0.29) is 12.1 Å². The molecule has 2 saturated heterocycles. The van der Waals surface area contributed by atoms with Gasteiger partial charge in [0.15, 0.2) is 5.82 Å². The lowest BCUT2D eigenvalue weighted by Crippen LogP contribution is -2.42. The van der Waals surface area contributed by atoms with E-state index in [1.165, 1.54) is 12.4 Å². The zero-order chi connectivity index (χ0) is 16.5. The van der Waals surface area contributed by atoms with Gasteiger partial charge in [0.25, 0.3) is 0 Å². The summed E-state index contributed by atoms with van der Waals surface area (Å²) in [4.78, 5) is 10.4. The van der Waals surface area contributed by atoms with E-state index < -0.39 is 5.82 Å². The molecule has 4 rings (SSSR count). The summed E-state index contributed by atoms with van der Waals surface area (Å²) in [7, 11) is 0. The van der Waals surface area contributed by atoms with Crippen LogP contribution < -0.4 is 5.32 Å². The van der Waals surface area contributed by atoms with Crippen LogP contribution in [0.3, 0.4) is 0 Å². The summed E-state index contributed by atoms with van der Waals surface area (Å²) >= 11 is 5.95. The first-order chi connectivity index (χ1) is 11.7. The molecule has 2 aromatic rings. The van der Waals surface area contributed by atoms with E-state index in [0.717, 1.165) is 30.1 Å². The Morgan fingerprint density at radius 1 is 1.17 bits per heavy atom. The molecule has 0 bridgehead atoms. The third-order valence-electron chi connectivity index (χ3n) is 4.61. The van der Waals surface area contributed by atoms with Crippen LogP contribution in [0.2, 0.25) is 5.02 Å². The van der Waals surface area contributed by atoms with Crippen molar-refractivity contribution in [3.63, 3.8) is 0 Å². The van der Waals surface area contributed by atoms with Crippen molar-refractivity contribution in [2.24, 2.45) is 0 Å². The van der Waals surface area contributed by atoms with Crippen LogP contribution in [0.4, 0.5) is 10.3 Å². The summed E-state index contributed by atoms with van der Waals surface area (Å²) in [5.74, 6) is 0.0417. The van der Waals surface area contributed by atoms with E-state index in [1.807, 2.05) is 24.3 Å². The number of anilines is 1. The molecule has 7 heteroatoms. The lowest BCUT2D eigenvalue weighted by atomic mass is 10.1.